The van der Waals surface area contributed by atoms with Gasteiger partial charge in [-0.3, -0.25) is 0 Å². The van der Waals surface area contributed by atoms with Crippen molar-refractivity contribution in [3.8, 4) is 0 Å². The smallest absolute Gasteiger partial charge is 0.0469 e. The Bertz CT molecular complexity index is 481. The number of piperazine rings is 1. The van der Waals surface area contributed by atoms with Gasteiger partial charge in [0.1, 0.15) is 0 Å². The summed E-state index contributed by atoms with van der Waals surface area (Å²) in [5.41, 5.74) is 7.67. The third-order valence-corrected chi connectivity index (χ3v) is 5.71. The first-order valence-electron chi connectivity index (χ1n) is 10.1. The molecule has 28 heavy (non-hydrogen) atoms. The summed E-state index contributed by atoms with van der Waals surface area (Å²) in [6, 6.07) is 10.9. The Morgan fingerprint density at radius 3 is 2.18 bits per heavy atom. The second kappa shape index (κ2) is 15.7. The Morgan fingerprint density at radius 2 is 1.54 bits per heavy atom. The Hall–Kier alpha value is -0.0700. The Kier molecular flexibility index (Phi) is 15.7. The molecule has 0 unspecified atom stereocenters. The average Bonchev–Trinajstić information content (AvgIpc) is 2.65. The molecule has 0 aliphatic carbocycles. The molecule has 2 heterocycles. The Balaban J connectivity index is 0.00000243. The lowest BCUT2D eigenvalue weighted by Gasteiger charge is -2.37. The van der Waals surface area contributed by atoms with Crippen LogP contribution < -0.4 is 5.73 Å². The van der Waals surface area contributed by atoms with Crippen LogP contribution in [0.2, 0.25) is 0 Å². The van der Waals surface area contributed by atoms with Crippen molar-refractivity contribution in [1.29, 1.82) is 0 Å². The number of nitrogens with zero attached hydrogens (tertiary/aromatic N) is 2. The third kappa shape index (κ3) is 10.1. The van der Waals surface area contributed by atoms with Crippen molar-refractivity contribution in [3.05, 3.63) is 35.9 Å². The molecule has 2 fully saturated rings. The van der Waals surface area contributed by atoms with Crippen LogP contribution in [0.25, 0.3) is 0 Å². The molecule has 0 saturated carbocycles. The van der Waals surface area contributed by atoms with Crippen molar-refractivity contribution in [2.45, 2.75) is 38.1 Å². The molecule has 2 aliphatic rings. The topological polar surface area (TPSA) is 41.7 Å². The summed E-state index contributed by atoms with van der Waals surface area (Å²) in [5.74, 6) is 0.858. The van der Waals surface area contributed by atoms with E-state index in [1.54, 1.807) is 0 Å². The number of benzene rings is 1. The lowest BCUT2D eigenvalue weighted by atomic mass is 9.99. The fourth-order valence-electron chi connectivity index (χ4n) is 4.09. The van der Waals surface area contributed by atoms with Gasteiger partial charge in [-0.15, -0.1) is 37.2 Å². The van der Waals surface area contributed by atoms with Gasteiger partial charge >= 0.3 is 0 Å². The number of hydrogen-bond donors (Lipinski definition) is 1. The maximum atomic E-state index is 6.31. The van der Waals surface area contributed by atoms with E-state index in [0.717, 1.165) is 32.0 Å². The van der Waals surface area contributed by atoms with Gasteiger partial charge in [-0.1, -0.05) is 30.3 Å². The van der Waals surface area contributed by atoms with Crippen LogP contribution in [0.3, 0.4) is 0 Å². The van der Waals surface area contributed by atoms with Crippen LogP contribution in [0.1, 0.15) is 31.2 Å². The molecule has 0 bridgehead atoms. The first-order chi connectivity index (χ1) is 12.3. The predicted molar refractivity (Wildman–Crippen MR) is 126 cm³/mol. The van der Waals surface area contributed by atoms with E-state index in [-0.39, 0.29) is 43.3 Å². The number of hydrogen-bond acceptors (Lipinski definition) is 4. The standard InChI is InChI=1S/C21H35N3O.3ClH/c22-21(17-19-5-2-1-3-6-19)7-4-10-23-11-13-24(14-12-23)18-20-8-15-25-16-9-20;;;/h1-3,5-6,20-21H,4,7-18,22H2;3*1H/t21-;;;/m0.../s1. The molecule has 4 nitrogen and oxygen atoms in total. The fraction of sp³-hybridized carbons (Fsp3) is 0.714. The molecule has 0 radical (unpaired) electrons. The Labute approximate surface area is 189 Å². The van der Waals surface area contributed by atoms with Crippen molar-refractivity contribution in [2.75, 3.05) is 52.5 Å². The van der Waals surface area contributed by atoms with E-state index in [2.05, 4.69) is 40.1 Å². The number of halogens is 3. The highest BCUT2D eigenvalue weighted by Crippen LogP contribution is 2.17. The summed E-state index contributed by atoms with van der Waals surface area (Å²) in [4.78, 5) is 5.28. The van der Waals surface area contributed by atoms with Gasteiger partial charge in [0, 0.05) is 52.0 Å². The van der Waals surface area contributed by atoms with E-state index in [4.69, 9.17) is 10.5 Å². The van der Waals surface area contributed by atoms with Crippen LogP contribution in [0.15, 0.2) is 30.3 Å². The van der Waals surface area contributed by atoms with E-state index < -0.39 is 0 Å². The molecule has 0 amide bonds. The summed E-state index contributed by atoms with van der Waals surface area (Å²) < 4.78 is 5.47. The van der Waals surface area contributed by atoms with Crippen LogP contribution >= 0.6 is 37.2 Å². The van der Waals surface area contributed by atoms with Crippen molar-refractivity contribution >= 4 is 37.2 Å². The summed E-state index contributed by atoms with van der Waals surface area (Å²) in [6.45, 7) is 9.31. The second-order valence-corrected chi connectivity index (χ2v) is 7.79. The molecule has 0 aromatic heterocycles. The fourth-order valence-corrected chi connectivity index (χ4v) is 4.09. The lowest BCUT2D eigenvalue weighted by molar-refractivity contribution is 0.0421. The molecule has 2 N–H and O–H groups in total. The van der Waals surface area contributed by atoms with Gasteiger partial charge in [-0.25, -0.2) is 0 Å². The van der Waals surface area contributed by atoms with Gasteiger partial charge in [0.2, 0.25) is 0 Å². The first-order valence-corrected chi connectivity index (χ1v) is 10.1. The van der Waals surface area contributed by atoms with Crippen molar-refractivity contribution in [2.24, 2.45) is 11.7 Å². The molecule has 7 heteroatoms. The number of nitrogens with two attached hydrogens (primary N) is 1. The van der Waals surface area contributed by atoms with Crippen LogP contribution in [0.4, 0.5) is 0 Å². The zero-order valence-corrected chi connectivity index (χ0v) is 19.3. The highest BCUT2D eigenvalue weighted by molar-refractivity contribution is 5.86. The summed E-state index contributed by atoms with van der Waals surface area (Å²) in [6.07, 6.45) is 5.84. The van der Waals surface area contributed by atoms with Gasteiger partial charge in [-0.05, 0) is 50.1 Å². The molecule has 3 rings (SSSR count). The highest BCUT2D eigenvalue weighted by atomic mass is 35.5. The normalized spacial score (nSPS) is 19.8. The van der Waals surface area contributed by atoms with E-state index in [9.17, 15) is 0 Å². The van der Waals surface area contributed by atoms with Crippen LogP contribution in [-0.4, -0.2) is 68.3 Å². The minimum absolute atomic E-state index is 0. The van der Waals surface area contributed by atoms with Gasteiger partial charge < -0.3 is 20.3 Å². The molecule has 0 spiro atoms. The minimum atomic E-state index is 0. The quantitative estimate of drug-likeness (QED) is 0.651. The molecule has 1 atom stereocenters. The second-order valence-electron chi connectivity index (χ2n) is 7.79. The highest BCUT2D eigenvalue weighted by Gasteiger charge is 2.21. The molecule has 1 aromatic carbocycles. The van der Waals surface area contributed by atoms with E-state index in [1.165, 1.54) is 64.1 Å². The zero-order valence-electron chi connectivity index (χ0n) is 16.8. The molecular weight excluding hydrogens is 417 g/mol. The number of rotatable bonds is 8. The van der Waals surface area contributed by atoms with Gasteiger partial charge in [0.15, 0.2) is 0 Å². The summed E-state index contributed by atoms with van der Waals surface area (Å²) in [7, 11) is 0. The minimum Gasteiger partial charge on any atom is -0.381 e. The van der Waals surface area contributed by atoms with Gasteiger partial charge in [0.05, 0.1) is 0 Å². The molecular formula is C21H38Cl3N3O. The monoisotopic (exact) mass is 453 g/mol. The summed E-state index contributed by atoms with van der Waals surface area (Å²) >= 11 is 0. The van der Waals surface area contributed by atoms with Gasteiger partial charge in [-0.2, -0.15) is 0 Å². The van der Waals surface area contributed by atoms with Crippen LogP contribution in [-0.2, 0) is 11.2 Å². The maximum Gasteiger partial charge on any atom is 0.0469 e. The van der Waals surface area contributed by atoms with Crippen molar-refractivity contribution < 1.29 is 4.74 Å². The SMILES string of the molecule is Cl.Cl.Cl.N[C@@H](CCCN1CCN(CC2CCOCC2)CC1)Cc1ccccc1. The largest absolute Gasteiger partial charge is 0.381 e. The van der Waals surface area contributed by atoms with E-state index in [1.807, 2.05) is 0 Å². The van der Waals surface area contributed by atoms with Crippen molar-refractivity contribution in [3.63, 3.8) is 0 Å². The predicted octanol–water partition coefficient (Wildman–Crippen LogP) is 3.65. The van der Waals surface area contributed by atoms with E-state index >= 15 is 0 Å². The first kappa shape index (κ1) is 27.9. The lowest BCUT2D eigenvalue weighted by Crippen LogP contribution is -2.48. The molecule has 164 valence electrons. The number of ether oxygens (including phenoxy) is 1. The maximum absolute atomic E-state index is 6.31. The molecule has 2 aliphatic heterocycles. The Morgan fingerprint density at radius 1 is 0.929 bits per heavy atom. The summed E-state index contributed by atoms with van der Waals surface area (Å²) in [5, 5.41) is 0. The van der Waals surface area contributed by atoms with Crippen LogP contribution in [0, 0.1) is 5.92 Å². The van der Waals surface area contributed by atoms with Crippen LogP contribution in [0.5, 0.6) is 0 Å². The molecule has 1 aromatic rings. The average molecular weight is 455 g/mol. The van der Waals surface area contributed by atoms with E-state index in [0.29, 0.717) is 0 Å². The van der Waals surface area contributed by atoms with Gasteiger partial charge in [0.25, 0.3) is 0 Å². The molecule has 2 saturated heterocycles. The third-order valence-electron chi connectivity index (χ3n) is 5.71. The van der Waals surface area contributed by atoms with Crippen molar-refractivity contribution in [1.82, 2.24) is 9.80 Å². The zero-order chi connectivity index (χ0) is 17.3.